The van der Waals surface area contributed by atoms with Gasteiger partial charge in [0.05, 0.1) is 5.56 Å². The topological polar surface area (TPSA) is 48.5 Å². The van der Waals surface area contributed by atoms with Crippen LogP contribution < -0.4 is 10.2 Å². The van der Waals surface area contributed by atoms with Crippen molar-refractivity contribution in [3.63, 3.8) is 0 Å². The molecule has 2 heterocycles. The maximum atomic E-state index is 12.7. The van der Waals surface area contributed by atoms with Crippen LogP contribution in [0.5, 0.6) is 0 Å². The van der Waals surface area contributed by atoms with Gasteiger partial charge in [0.2, 0.25) is 0 Å². The Kier molecular flexibility index (Phi) is 10.3. The lowest BCUT2D eigenvalue weighted by molar-refractivity contribution is 0.0602. The number of rotatable bonds is 5. The normalized spacial score (nSPS) is 19.9. The molecule has 0 aliphatic carbocycles. The molecule has 2 unspecified atom stereocenters. The van der Waals surface area contributed by atoms with Crippen LogP contribution in [0.15, 0.2) is 18.3 Å². The molecule has 2 rings (SSSR count). The number of nitrogens with one attached hydrogen (secondary N) is 1. The molecule has 1 aromatic rings. The van der Waals surface area contributed by atoms with Crippen LogP contribution in [-0.4, -0.2) is 54.1 Å². The van der Waals surface area contributed by atoms with E-state index < -0.39 is 0 Å². The first-order chi connectivity index (χ1) is 10.6. The van der Waals surface area contributed by atoms with Crippen molar-refractivity contribution < 1.29 is 4.79 Å². The number of hydrogen-bond acceptors (Lipinski definition) is 4. The summed E-state index contributed by atoms with van der Waals surface area (Å²) in [7, 11) is 0. The molecular weight excluding hydrogens is 347 g/mol. The Morgan fingerprint density at radius 1 is 1.33 bits per heavy atom. The fourth-order valence-electron chi connectivity index (χ4n) is 2.91. The van der Waals surface area contributed by atoms with Gasteiger partial charge in [-0.15, -0.1) is 24.8 Å². The summed E-state index contributed by atoms with van der Waals surface area (Å²) in [4.78, 5) is 21.3. The average molecular weight is 377 g/mol. The lowest BCUT2D eigenvalue weighted by Gasteiger charge is -2.38. The van der Waals surface area contributed by atoms with Crippen molar-refractivity contribution in [2.45, 2.75) is 46.2 Å². The summed E-state index contributed by atoms with van der Waals surface area (Å²) in [5.41, 5.74) is 0.678. The number of hydrogen-bond donors (Lipinski definition) is 1. The Bertz CT molecular complexity index is 498. The van der Waals surface area contributed by atoms with E-state index in [4.69, 9.17) is 0 Å². The van der Waals surface area contributed by atoms with Gasteiger partial charge < -0.3 is 15.1 Å². The minimum absolute atomic E-state index is 0. The summed E-state index contributed by atoms with van der Waals surface area (Å²) < 4.78 is 0. The van der Waals surface area contributed by atoms with E-state index in [-0.39, 0.29) is 36.8 Å². The van der Waals surface area contributed by atoms with Crippen LogP contribution in [0.4, 0.5) is 5.82 Å². The summed E-state index contributed by atoms with van der Waals surface area (Å²) in [5, 5.41) is 3.40. The summed E-state index contributed by atoms with van der Waals surface area (Å²) >= 11 is 0. The predicted molar refractivity (Wildman–Crippen MR) is 105 cm³/mol. The number of carbonyl (C=O) groups is 1. The Balaban J connectivity index is 0.00000264. The third-order valence-corrected chi connectivity index (χ3v) is 4.49. The van der Waals surface area contributed by atoms with Crippen LogP contribution in [0.2, 0.25) is 0 Å². The van der Waals surface area contributed by atoms with Gasteiger partial charge in [-0.2, -0.15) is 0 Å². The van der Waals surface area contributed by atoms with E-state index in [0.717, 1.165) is 38.4 Å². The molecule has 5 nitrogen and oxygen atoms in total. The molecule has 2 atom stereocenters. The van der Waals surface area contributed by atoms with Gasteiger partial charge in [0.1, 0.15) is 5.82 Å². The van der Waals surface area contributed by atoms with Crippen molar-refractivity contribution in [2.75, 3.05) is 31.1 Å². The number of pyridine rings is 1. The highest BCUT2D eigenvalue weighted by atomic mass is 35.5. The minimum atomic E-state index is 0. The van der Waals surface area contributed by atoms with Gasteiger partial charge in [-0.3, -0.25) is 4.79 Å². The standard InChI is InChI=1S/C17H28N4O.2ClH/c1-5-10-20(6-2)16-8-7-15(12-19-16)17(22)21-11-9-18-13(3)14(21)4;;/h7-8,12-14,18H,5-6,9-11H2,1-4H3;2*1H. The van der Waals surface area contributed by atoms with Gasteiger partial charge in [0.15, 0.2) is 0 Å². The first-order valence-electron chi connectivity index (χ1n) is 8.33. The van der Waals surface area contributed by atoms with Crippen LogP contribution in [0.1, 0.15) is 44.5 Å². The van der Waals surface area contributed by atoms with Gasteiger partial charge in [-0.05, 0) is 39.3 Å². The molecule has 7 heteroatoms. The fourth-order valence-corrected chi connectivity index (χ4v) is 2.91. The van der Waals surface area contributed by atoms with E-state index >= 15 is 0 Å². The highest BCUT2D eigenvalue weighted by molar-refractivity contribution is 5.94. The van der Waals surface area contributed by atoms with E-state index in [1.807, 2.05) is 17.0 Å². The van der Waals surface area contributed by atoms with Gasteiger partial charge >= 0.3 is 0 Å². The Labute approximate surface area is 158 Å². The summed E-state index contributed by atoms with van der Waals surface area (Å²) in [6.07, 6.45) is 2.81. The first kappa shape index (κ1) is 23.0. The molecule has 1 saturated heterocycles. The Hall–Kier alpha value is -1.04. The van der Waals surface area contributed by atoms with Crippen LogP contribution in [0.3, 0.4) is 0 Å². The summed E-state index contributed by atoms with van der Waals surface area (Å²) in [6.45, 7) is 12.0. The number of nitrogens with zero attached hydrogens (tertiary/aromatic N) is 3. The first-order valence-corrected chi connectivity index (χ1v) is 8.33. The zero-order valence-electron chi connectivity index (χ0n) is 15.0. The lowest BCUT2D eigenvalue weighted by atomic mass is 10.1. The monoisotopic (exact) mass is 376 g/mol. The smallest absolute Gasteiger partial charge is 0.255 e. The molecule has 1 N–H and O–H groups in total. The highest BCUT2D eigenvalue weighted by Gasteiger charge is 2.28. The fraction of sp³-hybridized carbons (Fsp3) is 0.647. The van der Waals surface area contributed by atoms with E-state index in [1.54, 1.807) is 6.20 Å². The Morgan fingerprint density at radius 3 is 2.58 bits per heavy atom. The molecule has 1 aromatic heterocycles. The number of amides is 1. The van der Waals surface area contributed by atoms with Crippen molar-refractivity contribution in [3.8, 4) is 0 Å². The number of halogens is 2. The van der Waals surface area contributed by atoms with Crippen molar-refractivity contribution in [2.24, 2.45) is 0 Å². The van der Waals surface area contributed by atoms with Gasteiger partial charge in [0, 0.05) is 44.5 Å². The highest BCUT2D eigenvalue weighted by Crippen LogP contribution is 2.16. The second kappa shape index (κ2) is 10.7. The molecule has 138 valence electrons. The number of piperazine rings is 1. The molecule has 1 aliphatic heterocycles. The zero-order chi connectivity index (χ0) is 16.1. The summed E-state index contributed by atoms with van der Waals surface area (Å²) in [6, 6.07) is 4.39. The molecule has 0 saturated carbocycles. The number of anilines is 1. The van der Waals surface area contributed by atoms with E-state index in [0.29, 0.717) is 11.6 Å². The molecule has 0 bridgehead atoms. The molecule has 0 aromatic carbocycles. The molecule has 1 aliphatic rings. The quantitative estimate of drug-likeness (QED) is 0.857. The maximum absolute atomic E-state index is 12.7. The van der Waals surface area contributed by atoms with Crippen LogP contribution in [0.25, 0.3) is 0 Å². The van der Waals surface area contributed by atoms with Crippen LogP contribution in [-0.2, 0) is 0 Å². The van der Waals surface area contributed by atoms with E-state index in [9.17, 15) is 4.79 Å². The minimum Gasteiger partial charge on any atom is -0.357 e. The van der Waals surface area contributed by atoms with Crippen molar-refractivity contribution in [3.05, 3.63) is 23.9 Å². The molecule has 1 fully saturated rings. The molecular formula is C17H30Cl2N4O. The number of aromatic nitrogens is 1. The molecule has 24 heavy (non-hydrogen) atoms. The van der Waals surface area contributed by atoms with Gasteiger partial charge in [-0.1, -0.05) is 6.92 Å². The largest absolute Gasteiger partial charge is 0.357 e. The predicted octanol–water partition coefficient (Wildman–Crippen LogP) is 2.98. The average Bonchev–Trinajstić information content (AvgIpc) is 2.55. The van der Waals surface area contributed by atoms with Crippen molar-refractivity contribution in [1.82, 2.24) is 15.2 Å². The molecule has 0 radical (unpaired) electrons. The zero-order valence-corrected chi connectivity index (χ0v) is 16.6. The van der Waals surface area contributed by atoms with Crippen molar-refractivity contribution in [1.29, 1.82) is 0 Å². The SMILES string of the molecule is CCCN(CC)c1ccc(C(=O)N2CCNC(C)C2C)cn1.Cl.Cl. The third-order valence-electron chi connectivity index (χ3n) is 4.49. The summed E-state index contributed by atoms with van der Waals surface area (Å²) in [5.74, 6) is 1.03. The molecule has 0 spiro atoms. The van der Waals surface area contributed by atoms with E-state index in [2.05, 4.69) is 42.9 Å². The van der Waals surface area contributed by atoms with Crippen LogP contribution >= 0.6 is 24.8 Å². The van der Waals surface area contributed by atoms with Crippen LogP contribution in [0, 0.1) is 0 Å². The van der Waals surface area contributed by atoms with Gasteiger partial charge in [-0.25, -0.2) is 4.98 Å². The number of carbonyl (C=O) groups excluding carboxylic acids is 1. The lowest BCUT2D eigenvalue weighted by Crippen LogP contribution is -2.57. The van der Waals surface area contributed by atoms with E-state index in [1.165, 1.54) is 0 Å². The Morgan fingerprint density at radius 2 is 2.04 bits per heavy atom. The third kappa shape index (κ3) is 5.23. The van der Waals surface area contributed by atoms with Crippen molar-refractivity contribution >= 4 is 36.5 Å². The maximum Gasteiger partial charge on any atom is 0.255 e. The molecule has 1 amide bonds. The van der Waals surface area contributed by atoms with Gasteiger partial charge in [0.25, 0.3) is 5.91 Å². The second-order valence-electron chi connectivity index (χ2n) is 5.97. The second-order valence-corrected chi connectivity index (χ2v) is 5.97.